The Morgan fingerprint density at radius 3 is 2.59 bits per heavy atom. The highest BCUT2D eigenvalue weighted by Gasteiger charge is 2.32. The van der Waals surface area contributed by atoms with Crippen LogP contribution in [0, 0.1) is 11.8 Å². The third-order valence-corrected chi connectivity index (χ3v) is 5.27. The molecule has 1 aromatic carbocycles. The van der Waals surface area contributed by atoms with E-state index in [0.717, 1.165) is 24.8 Å². The zero-order valence-electron chi connectivity index (χ0n) is 13.8. The summed E-state index contributed by atoms with van der Waals surface area (Å²) < 4.78 is 0. The van der Waals surface area contributed by atoms with Crippen molar-refractivity contribution in [2.75, 3.05) is 0 Å². The van der Waals surface area contributed by atoms with Gasteiger partial charge in [0.1, 0.15) is 0 Å². The summed E-state index contributed by atoms with van der Waals surface area (Å²) in [5, 5.41) is 15.1. The fourth-order valence-corrected chi connectivity index (χ4v) is 3.69. The molecule has 0 radical (unpaired) electrons. The van der Waals surface area contributed by atoms with Gasteiger partial charge in [0.05, 0.1) is 6.10 Å². The van der Waals surface area contributed by atoms with Crippen molar-refractivity contribution in [2.45, 2.75) is 58.2 Å². The molecule has 1 saturated heterocycles. The molecule has 2 N–H and O–H groups in total. The monoisotopic (exact) mass is 321 g/mol. The first-order valence-electron chi connectivity index (χ1n) is 8.33. The summed E-state index contributed by atoms with van der Waals surface area (Å²) in [6.45, 7) is 6.66. The Balaban J connectivity index is 2.08. The van der Waals surface area contributed by atoms with Gasteiger partial charge >= 0.3 is 0 Å². The van der Waals surface area contributed by atoms with Gasteiger partial charge < -0.3 is 10.4 Å². The predicted molar refractivity (Wildman–Crippen MR) is 94.1 cm³/mol. The summed E-state index contributed by atoms with van der Waals surface area (Å²) in [6, 6.07) is 8.04. The van der Waals surface area contributed by atoms with Gasteiger partial charge in [0.25, 0.3) is 0 Å². The molecule has 1 unspecified atom stereocenters. The molecule has 1 heterocycles. The molecule has 0 spiro atoms. The Hall–Kier alpha value is -0.830. The summed E-state index contributed by atoms with van der Waals surface area (Å²) in [5.41, 5.74) is 0.939. The normalized spacial score (nSPS) is 31.1. The van der Waals surface area contributed by atoms with Crippen LogP contribution in [0.4, 0.5) is 0 Å². The molecule has 0 bridgehead atoms. The van der Waals surface area contributed by atoms with Crippen molar-refractivity contribution in [3.05, 3.63) is 47.0 Å². The number of nitrogens with one attached hydrogen (secondary N) is 1. The quantitative estimate of drug-likeness (QED) is 0.786. The SMILES string of the molecule is C/C=C\C[C@@H]1C(C)N[C@@H]([C@H](O)c2ccc(Cl)cc2)CC[C@H]1C. The van der Waals surface area contributed by atoms with E-state index in [4.69, 9.17) is 11.6 Å². The molecule has 2 nitrogen and oxygen atoms in total. The van der Waals surface area contributed by atoms with Crippen LogP contribution >= 0.6 is 11.6 Å². The summed E-state index contributed by atoms with van der Waals surface area (Å²) in [5.74, 6) is 1.29. The number of halogens is 1. The maximum Gasteiger partial charge on any atom is 0.0943 e. The average molecular weight is 322 g/mol. The van der Waals surface area contributed by atoms with Gasteiger partial charge in [0.15, 0.2) is 0 Å². The van der Waals surface area contributed by atoms with Crippen molar-refractivity contribution in [3.63, 3.8) is 0 Å². The number of aliphatic hydroxyl groups excluding tert-OH is 1. The van der Waals surface area contributed by atoms with Gasteiger partial charge in [-0.25, -0.2) is 0 Å². The molecule has 1 aliphatic rings. The average Bonchev–Trinajstić information content (AvgIpc) is 2.64. The van der Waals surface area contributed by atoms with Gasteiger partial charge in [-0.2, -0.15) is 0 Å². The van der Waals surface area contributed by atoms with Crippen molar-refractivity contribution >= 4 is 11.6 Å². The van der Waals surface area contributed by atoms with Crippen LogP contribution in [0.2, 0.25) is 5.02 Å². The Morgan fingerprint density at radius 1 is 1.27 bits per heavy atom. The molecule has 0 amide bonds. The van der Waals surface area contributed by atoms with E-state index in [0.29, 0.717) is 22.9 Å². The van der Waals surface area contributed by atoms with Gasteiger partial charge in [-0.05, 0) is 62.6 Å². The fraction of sp³-hybridized carbons (Fsp3) is 0.579. The third-order valence-electron chi connectivity index (χ3n) is 5.02. The number of benzene rings is 1. The first kappa shape index (κ1) is 17.5. The molecule has 5 atom stereocenters. The van der Waals surface area contributed by atoms with Crippen LogP contribution < -0.4 is 5.32 Å². The van der Waals surface area contributed by atoms with Crippen LogP contribution in [-0.2, 0) is 0 Å². The largest absolute Gasteiger partial charge is 0.387 e. The Morgan fingerprint density at radius 2 is 1.95 bits per heavy atom. The van der Waals surface area contributed by atoms with E-state index in [9.17, 15) is 5.11 Å². The topological polar surface area (TPSA) is 32.3 Å². The van der Waals surface area contributed by atoms with Crippen molar-refractivity contribution in [1.82, 2.24) is 5.32 Å². The van der Waals surface area contributed by atoms with E-state index >= 15 is 0 Å². The highest BCUT2D eigenvalue weighted by atomic mass is 35.5. The first-order chi connectivity index (χ1) is 10.5. The molecule has 0 aliphatic carbocycles. The van der Waals surface area contributed by atoms with E-state index in [1.807, 2.05) is 24.3 Å². The Labute approximate surface area is 139 Å². The molecule has 1 aliphatic heterocycles. The maximum atomic E-state index is 10.7. The number of hydrogen-bond donors (Lipinski definition) is 2. The Kier molecular flexibility index (Phi) is 6.49. The van der Waals surface area contributed by atoms with E-state index < -0.39 is 6.10 Å². The van der Waals surface area contributed by atoms with E-state index in [2.05, 4.69) is 38.2 Å². The van der Waals surface area contributed by atoms with Crippen molar-refractivity contribution in [2.24, 2.45) is 11.8 Å². The lowest BCUT2D eigenvalue weighted by Gasteiger charge is -2.29. The smallest absolute Gasteiger partial charge is 0.0943 e. The van der Waals surface area contributed by atoms with Gasteiger partial charge in [-0.1, -0.05) is 42.8 Å². The second-order valence-corrected chi connectivity index (χ2v) is 7.02. The molecule has 1 aromatic rings. The van der Waals surface area contributed by atoms with Crippen LogP contribution in [0.25, 0.3) is 0 Å². The second kappa shape index (κ2) is 8.14. The standard InChI is InChI=1S/C19H28ClNO/c1-4-5-6-17-13(2)7-12-18(21-14(17)3)19(22)15-8-10-16(20)11-9-15/h4-5,8-11,13-14,17-19,21-22H,6-7,12H2,1-3H3/b5-4-/t13-,14?,17+,18-,19-/m1/s1. The van der Waals surface area contributed by atoms with Gasteiger partial charge in [-0.3, -0.25) is 0 Å². The molecule has 3 heteroatoms. The number of hydrogen-bond acceptors (Lipinski definition) is 2. The first-order valence-corrected chi connectivity index (χ1v) is 8.71. The van der Waals surface area contributed by atoms with Gasteiger partial charge in [0.2, 0.25) is 0 Å². The van der Waals surface area contributed by atoms with Gasteiger partial charge in [0, 0.05) is 17.1 Å². The van der Waals surface area contributed by atoms with E-state index in [1.54, 1.807) is 0 Å². The van der Waals surface area contributed by atoms with E-state index in [-0.39, 0.29) is 6.04 Å². The summed E-state index contributed by atoms with van der Waals surface area (Å²) in [7, 11) is 0. The van der Waals surface area contributed by atoms with Crippen molar-refractivity contribution < 1.29 is 5.11 Å². The molecule has 0 saturated carbocycles. The molecule has 2 rings (SSSR count). The Bertz CT molecular complexity index is 485. The second-order valence-electron chi connectivity index (χ2n) is 6.58. The number of aliphatic hydroxyl groups is 1. The van der Waals surface area contributed by atoms with Gasteiger partial charge in [-0.15, -0.1) is 0 Å². The molecular weight excluding hydrogens is 294 g/mol. The highest BCUT2D eigenvalue weighted by Crippen LogP contribution is 2.32. The molecule has 1 fully saturated rings. The number of rotatable bonds is 4. The summed E-state index contributed by atoms with van der Waals surface area (Å²) in [4.78, 5) is 0. The predicted octanol–water partition coefficient (Wildman–Crippen LogP) is 4.73. The van der Waals surface area contributed by atoms with Crippen LogP contribution in [0.1, 0.15) is 51.7 Å². The minimum Gasteiger partial charge on any atom is -0.387 e. The summed E-state index contributed by atoms with van der Waals surface area (Å²) >= 11 is 5.93. The lowest BCUT2D eigenvalue weighted by molar-refractivity contribution is 0.119. The zero-order valence-corrected chi connectivity index (χ0v) is 14.6. The lowest BCUT2D eigenvalue weighted by Crippen LogP contribution is -2.42. The molecule has 0 aromatic heterocycles. The highest BCUT2D eigenvalue weighted by molar-refractivity contribution is 6.30. The zero-order chi connectivity index (χ0) is 16.1. The van der Waals surface area contributed by atoms with Crippen LogP contribution in [0.3, 0.4) is 0 Å². The third kappa shape index (κ3) is 4.34. The van der Waals surface area contributed by atoms with E-state index in [1.165, 1.54) is 0 Å². The lowest BCUT2D eigenvalue weighted by atomic mass is 9.84. The van der Waals surface area contributed by atoms with Crippen LogP contribution in [0.15, 0.2) is 36.4 Å². The fourth-order valence-electron chi connectivity index (χ4n) is 3.56. The minimum atomic E-state index is -0.479. The van der Waals surface area contributed by atoms with Crippen molar-refractivity contribution in [3.8, 4) is 0 Å². The number of allylic oxidation sites excluding steroid dienone is 2. The van der Waals surface area contributed by atoms with Crippen LogP contribution in [-0.4, -0.2) is 17.2 Å². The molecule has 22 heavy (non-hydrogen) atoms. The minimum absolute atomic E-state index is 0.106. The summed E-state index contributed by atoms with van der Waals surface area (Å²) in [6.07, 6.45) is 7.17. The van der Waals surface area contributed by atoms with Crippen molar-refractivity contribution in [1.29, 1.82) is 0 Å². The van der Waals surface area contributed by atoms with Crippen LogP contribution in [0.5, 0.6) is 0 Å². The molecule has 122 valence electrons. The molecular formula is C19H28ClNO. The maximum absolute atomic E-state index is 10.7.